The smallest absolute Gasteiger partial charge is 0.268 e. The zero-order valence-corrected chi connectivity index (χ0v) is 13.1. The molecule has 0 radical (unpaired) electrons. The van der Waals surface area contributed by atoms with Gasteiger partial charge < -0.3 is 15.2 Å². The molecule has 0 spiro atoms. The van der Waals surface area contributed by atoms with Gasteiger partial charge in [-0.15, -0.1) is 0 Å². The number of halogens is 2. The van der Waals surface area contributed by atoms with Crippen LogP contribution in [0.2, 0.25) is 5.02 Å². The van der Waals surface area contributed by atoms with Crippen molar-refractivity contribution < 1.29 is 14.0 Å². The highest BCUT2D eigenvalue weighted by atomic mass is 35.5. The van der Waals surface area contributed by atoms with Crippen molar-refractivity contribution in [1.82, 2.24) is 10.3 Å². The Kier molecular flexibility index (Phi) is 4.35. The standard InChI is InChI=1S/C16H13ClFN3O3/c17-10-8-9(4-5-11(10)18)21-7-6-13(16(21)24)20-15(23)12-2-1-3-14(22)19-12/h1-5,8,13H,6-7H2,(H,19,22)(H,20,23)/t13-/m0/s1. The lowest BCUT2D eigenvalue weighted by atomic mass is 10.2. The molecule has 0 unspecified atom stereocenters. The van der Waals surface area contributed by atoms with Crippen LogP contribution < -0.4 is 15.8 Å². The first-order valence-electron chi connectivity index (χ1n) is 7.22. The molecule has 0 aliphatic carbocycles. The van der Waals surface area contributed by atoms with E-state index in [1.807, 2.05) is 0 Å². The van der Waals surface area contributed by atoms with E-state index >= 15 is 0 Å². The Hall–Kier alpha value is -2.67. The summed E-state index contributed by atoms with van der Waals surface area (Å²) in [6, 6.07) is 7.49. The second-order valence-electron chi connectivity index (χ2n) is 5.33. The Morgan fingerprint density at radius 1 is 1.29 bits per heavy atom. The minimum atomic E-state index is -0.718. The van der Waals surface area contributed by atoms with Crippen LogP contribution >= 0.6 is 11.6 Å². The highest BCUT2D eigenvalue weighted by Gasteiger charge is 2.34. The number of amides is 2. The molecule has 1 saturated heterocycles. The van der Waals surface area contributed by atoms with Crippen molar-refractivity contribution in [2.45, 2.75) is 12.5 Å². The van der Waals surface area contributed by atoms with Gasteiger partial charge >= 0.3 is 0 Å². The van der Waals surface area contributed by atoms with Crippen molar-refractivity contribution in [2.75, 3.05) is 11.4 Å². The Bertz CT molecular complexity index is 868. The fourth-order valence-electron chi connectivity index (χ4n) is 2.54. The monoisotopic (exact) mass is 349 g/mol. The van der Waals surface area contributed by atoms with Crippen molar-refractivity contribution in [1.29, 1.82) is 0 Å². The number of nitrogens with one attached hydrogen (secondary N) is 2. The van der Waals surface area contributed by atoms with Gasteiger partial charge in [-0.05, 0) is 30.7 Å². The molecule has 2 N–H and O–H groups in total. The molecule has 6 nitrogen and oxygen atoms in total. The number of aromatic amines is 1. The van der Waals surface area contributed by atoms with E-state index in [0.29, 0.717) is 18.7 Å². The number of hydrogen-bond acceptors (Lipinski definition) is 3. The number of benzene rings is 1. The van der Waals surface area contributed by atoms with E-state index in [4.69, 9.17) is 11.6 Å². The van der Waals surface area contributed by atoms with Crippen molar-refractivity contribution in [3.63, 3.8) is 0 Å². The minimum Gasteiger partial charge on any atom is -0.339 e. The highest BCUT2D eigenvalue weighted by Crippen LogP contribution is 2.26. The van der Waals surface area contributed by atoms with Crippen LogP contribution in [0.25, 0.3) is 0 Å². The number of nitrogens with zero attached hydrogens (tertiary/aromatic N) is 1. The van der Waals surface area contributed by atoms with Crippen LogP contribution in [0.3, 0.4) is 0 Å². The summed E-state index contributed by atoms with van der Waals surface area (Å²) in [5, 5.41) is 2.52. The summed E-state index contributed by atoms with van der Waals surface area (Å²) < 4.78 is 13.2. The van der Waals surface area contributed by atoms with E-state index in [1.54, 1.807) is 0 Å². The van der Waals surface area contributed by atoms with Gasteiger partial charge in [-0.2, -0.15) is 0 Å². The number of anilines is 1. The number of pyridine rings is 1. The maximum absolute atomic E-state index is 13.2. The molecule has 1 aromatic heterocycles. The Morgan fingerprint density at radius 2 is 2.08 bits per heavy atom. The van der Waals surface area contributed by atoms with E-state index in [-0.39, 0.29) is 16.6 Å². The third kappa shape index (κ3) is 3.16. The van der Waals surface area contributed by atoms with E-state index < -0.39 is 23.3 Å². The number of hydrogen-bond donors (Lipinski definition) is 2. The van der Waals surface area contributed by atoms with Crippen LogP contribution in [0.5, 0.6) is 0 Å². The number of carbonyl (C=O) groups excluding carboxylic acids is 2. The van der Waals surface area contributed by atoms with Crippen molar-refractivity contribution >= 4 is 29.1 Å². The average Bonchev–Trinajstić information content (AvgIpc) is 2.91. The molecule has 1 fully saturated rings. The minimum absolute atomic E-state index is 0.0744. The molecule has 0 saturated carbocycles. The summed E-state index contributed by atoms with van der Waals surface area (Å²) in [5.41, 5.74) is 0.151. The second kappa shape index (κ2) is 6.45. The summed E-state index contributed by atoms with van der Waals surface area (Å²) in [7, 11) is 0. The summed E-state index contributed by atoms with van der Waals surface area (Å²) in [6.45, 7) is 0.372. The first-order valence-corrected chi connectivity index (χ1v) is 7.60. The summed E-state index contributed by atoms with van der Waals surface area (Å²) >= 11 is 5.74. The maximum atomic E-state index is 13.2. The molecule has 124 valence electrons. The molecule has 2 heterocycles. The lowest BCUT2D eigenvalue weighted by Gasteiger charge is -2.17. The van der Waals surface area contributed by atoms with Gasteiger partial charge in [-0.1, -0.05) is 17.7 Å². The molecule has 1 aliphatic heterocycles. The second-order valence-corrected chi connectivity index (χ2v) is 5.74. The highest BCUT2D eigenvalue weighted by molar-refractivity contribution is 6.31. The van der Waals surface area contributed by atoms with Crippen molar-refractivity contribution in [3.05, 3.63) is 63.3 Å². The molecule has 1 aromatic carbocycles. The van der Waals surface area contributed by atoms with Gasteiger partial charge in [0.1, 0.15) is 17.6 Å². The first-order chi connectivity index (χ1) is 11.5. The fraction of sp³-hybridized carbons (Fsp3) is 0.188. The number of carbonyl (C=O) groups is 2. The summed E-state index contributed by atoms with van der Waals surface area (Å²) in [4.78, 5) is 39.6. The van der Waals surface area contributed by atoms with Crippen LogP contribution in [-0.2, 0) is 4.79 Å². The Balaban J connectivity index is 1.73. The summed E-state index contributed by atoms with van der Waals surface area (Å²) in [6.07, 6.45) is 0.399. The molecule has 1 atom stereocenters. The fourth-order valence-corrected chi connectivity index (χ4v) is 2.71. The average molecular weight is 350 g/mol. The van der Waals surface area contributed by atoms with Gasteiger partial charge in [0, 0.05) is 18.3 Å². The van der Waals surface area contributed by atoms with Crippen LogP contribution in [0.1, 0.15) is 16.9 Å². The third-order valence-corrected chi connectivity index (χ3v) is 4.03. The van der Waals surface area contributed by atoms with Crippen LogP contribution in [0.4, 0.5) is 10.1 Å². The predicted molar refractivity (Wildman–Crippen MR) is 86.7 cm³/mol. The molecule has 2 amide bonds. The normalized spacial score (nSPS) is 17.2. The summed E-state index contributed by atoms with van der Waals surface area (Å²) in [5.74, 6) is -1.42. The van der Waals surface area contributed by atoms with E-state index in [9.17, 15) is 18.8 Å². The van der Waals surface area contributed by atoms with Crippen molar-refractivity contribution in [3.8, 4) is 0 Å². The van der Waals surface area contributed by atoms with E-state index in [2.05, 4.69) is 10.3 Å². The first kappa shape index (κ1) is 16.2. The van der Waals surface area contributed by atoms with E-state index in [0.717, 1.165) is 0 Å². The number of H-pyrrole nitrogens is 1. The molecule has 24 heavy (non-hydrogen) atoms. The zero-order valence-electron chi connectivity index (χ0n) is 12.4. The van der Waals surface area contributed by atoms with E-state index in [1.165, 1.54) is 41.3 Å². The molecular weight excluding hydrogens is 337 g/mol. The molecule has 1 aliphatic rings. The van der Waals surface area contributed by atoms with Gasteiger partial charge in [-0.3, -0.25) is 14.4 Å². The molecule has 3 rings (SSSR count). The number of rotatable bonds is 3. The van der Waals surface area contributed by atoms with Gasteiger partial charge in [-0.25, -0.2) is 4.39 Å². The quantitative estimate of drug-likeness (QED) is 0.885. The van der Waals surface area contributed by atoms with Gasteiger partial charge in [0.25, 0.3) is 5.91 Å². The predicted octanol–water partition coefficient (Wildman–Crippen LogP) is 1.70. The van der Waals surface area contributed by atoms with Crippen molar-refractivity contribution in [2.24, 2.45) is 0 Å². The number of aromatic nitrogens is 1. The maximum Gasteiger partial charge on any atom is 0.268 e. The Labute approximate surface area is 141 Å². The van der Waals surface area contributed by atoms with Crippen LogP contribution in [-0.4, -0.2) is 29.4 Å². The third-order valence-electron chi connectivity index (χ3n) is 3.74. The molecule has 8 heteroatoms. The van der Waals surface area contributed by atoms with Crippen LogP contribution in [0.15, 0.2) is 41.2 Å². The lowest BCUT2D eigenvalue weighted by molar-refractivity contribution is -0.118. The molecular formula is C16H13ClFN3O3. The SMILES string of the molecule is O=C(N[C@H]1CCN(c2ccc(F)c(Cl)c2)C1=O)c1cccc(=O)[nH]1. The Morgan fingerprint density at radius 3 is 2.79 bits per heavy atom. The lowest BCUT2D eigenvalue weighted by Crippen LogP contribution is -2.42. The molecule has 0 bridgehead atoms. The van der Waals surface area contributed by atoms with Gasteiger partial charge in [0.2, 0.25) is 11.5 Å². The largest absolute Gasteiger partial charge is 0.339 e. The van der Waals surface area contributed by atoms with Gasteiger partial charge in [0.15, 0.2) is 0 Å². The van der Waals surface area contributed by atoms with Gasteiger partial charge in [0.05, 0.1) is 5.02 Å². The topological polar surface area (TPSA) is 82.3 Å². The zero-order chi connectivity index (χ0) is 17.3. The molecule has 2 aromatic rings. The van der Waals surface area contributed by atoms with Crippen LogP contribution in [0, 0.1) is 5.82 Å².